The first kappa shape index (κ1) is 14.5. The second-order valence-electron chi connectivity index (χ2n) is 4.14. The fourth-order valence-electron chi connectivity index (χ4n) is 1.33. The topological polar surface area (TPSA) is 107 Å². The highest BCUT2D eigenvalue weighted by atomic mass is 16.1. The van der Waals surface area contributed by atoms with Crippen LogP contribution >= 0.6 is 0 Å². The summed E-state index contributed by atoms with van der Waals surface area (Å²) >= 11 is 0. The number of carbonyl (C=O) groups is 1. The number of rotatable bonds is 8. The lowest BCUT2D eigenvalue weighted by Crippen LogP contribution is -2.45. The van der Waals surface area contributed by atoms with Gasteiger partial charge in [0, 0.05) is 5.92 Å². The predicted molar refractivity (Wildman–Crippen MR) is 61.8 cm³/mol. The quantitative estimate of drug-likeness (QED) is 0.323. The zero-order valence-electron chi connectivity index (χ0n) is 9.70. The van der Waals surface area contributed by atoms with Crippen molar-refractivity contribution < 1.29 is 4.79 Å². The molecule has 0 aliphatic heterocycles. The van der Waals surface area contributed by atoms with Gasteiger partial charge in [-0.3, -0.25) is 10.1 Å². The summed E-state index contributed by atoms with van der Waals surface area (Å²) in [6.07, 6.45) is 2.12. The average molecular weight is 216 g/mol. The van der Waals surface area contributed by atoms with Gasteiger partial charge in [-0.05, 0) is 19.4 Å². The molecule has 7 N–H and O–H groups in total. The first-order valence-electron chi connectivity index (χ1n) is 5.49. The Balaban J connectivity index is 3.47. The molecular formula is C10H24N4O. The summed E-state index contributed by atoms with van der Waals surface area (Å²) in [5.41, 5.74) is 16.4. The fourth-order valence-corrected chi connectivity index (χ4v) is 1.33. The van der Waals surface area contributed by atoms with Crippen LogP contribution in [0.25, 0.3) is 0 Å². The summed E-state index contributed by atoms with van der Waals surface area (Å²) in [5.74, 6) is 0.161. The predicted octanol–water partition coefficient (Wildman–Crippen LogP) is -0.500. The van der Waals surface area contributed by atoms with Crippen LogP contribution in [-0.4, -0.2) is 24.7 Å². The minimum Gasteiger partial charge on any atom is -0.321 e. The van der Waals surface area contributed by atoms with E-state index in [1.807, 2.05) is 13.8 Å². The number of nitrogens with one attached hydrogen (secondary N) is 1. The van der Waals surface area contributed by atoms with Gasteiger partial charge < -0.3 is 17.2 Å². The van der Waals surface area contributed by atoms with Crippen LogP contribution < -0.4 is 22.5 Å². The number of hydrogen-bond acceptors (Lipinski definition) is 5. The van der Waals surface area contributed by atoms with Gasteiger partial charge in [0.1, 0.15) is 6.29 Å². The number of Topliss-reactive ketones (excluding diaryl/α,β-unsaturated/α-hetero) is 1. The summed E-state index contributed by atoms with van der Waals surface area (Å²) in [7, 11) is 0. The van der Waals surface area contributed by atoms with Gasteiger partial charge in [0.05, 0.1) is 6.04 Å². The summed E-state index contributed by atoms with van der Waals surface area (Å²) in [6, 6.07) is -0.323. The molecule has 5 nitrogen and oxygen atoms in total. The van der Waals surface area contributed by atoms with Crippen molar-refractivity contribution >= 4 is 5.78 Å². The molecule has 0 unspecified atom stereocenters. The molecule has 0 aliphatic rings. The number of hydrogen-bond donors (Lipinski definition) is 4. The molecule has 0 fully saturated rings. The largest absolute Gasteiger partial charge is 0.321 e. The van der Waals surface area contributed by atoms with Crippen molar-refractivity contribution in [1.82, 2.24) is 5.32 Å². The second-order valence-corrected chi connectivity index (χ2v) is 4.14. The van der Waals surface area contributed by atoms with Crippen molar-refractivity contribution in [2.24, 2.45) is 23.1 Å². The van der Waals surface area contributed by atoms with Crippen LogP contribution in [0.3, 0.4) is 0 Å². The molecule has 0 saturated heterocycles. The van der Waals surface area contributed by atoms with E-state index in [9.17, 15) is 4.79 Å². The molecule has 0 saturated carbocycles. The van der Waals surface area contributed by atoms with Gasteiger partial charge >= 0.3 is 0 Å². The Morgan fingerprint density at radius 2 is 1.80 bits per heavy atom. The third-order valence-corrected chi connectivity index (χ3v) is 2.26. The van der Waals surface area contributed by atoms with Crippen molar-refractivity contribution in [3.05, 3.63) is 0 Å². The fraction of sp³-hybridized carbons (Fsp3) is 0.900. The van der Waals surface area contributed by atoms with Gasteiger partial charge in [0.2, 0.25) is 0 Å². The zero-order chi connectivity index (χ0) is 11.8. The average Bonchev–Trinajstić information content (AvgIpc) is 2.15. The van der Waals surface area contributed by atoms with E-state index in [0.717, 1.165) is 25.8 Å². The first-order chi connectivity index (χ1) is 6.95. The molecule has 0 aromatic carbocycles. The van der Waals surface area contributed by atoms with Crippen molar-refractivity contribution in [2.75, 3.05) is 6.54 Å². The Morgan fingerprint density at radius 3 is 2.27 bits per heavy atom. The van der Waals surface area contributed by atoms with E-state index < -0.39 is 6.29 Å². The maximum absolute atomic E-state index is 11.4. The third-order valence-electron chi connectivity index (χ3n) is 2.26. The first-order valence-corrected chi connectivity index (χ1v) is 5.49. The molecular weight excluding hydrogens is 192 g/mol. The second kappa shape index (κ2) is 7.76. The van der Waals surface area contributed by atoms with Gasteiger partial charge in [0.25, 0.3) is 0 Å². The smallest absolute Gasteiger partial charge is 0.152 e. The van der Waals surface area contributed by atoms with E-state index in [1.54, 1.807) is 0 Å². The van der Waals surface area contributed by atoms with E-state index >= 15 is 0 Å². The molecule has 90 valence electrons. The van der Waals surface area contributed by atoms with E-state index in [-0.39, 0.29) is 17.7 Å². The molecule has 0 heterocycles. The SMILES string of the molecule is CC(C)C(=O)[C@@H](N)CCCCNC(N)N. The molecule has 0 radical (unpaired) electrons. The van der Waals surface area contributed by atoms with E-state index in [4.69, 9.17) is 17.2 Å². The molecule has 0 spiro atoms. The summed E-state index contributed by atoms with van der Waals surface area (Å²) < 4.78 is 0. The molecule has 15 heavy (non-hydrogen) atoms. The van der Waals surface area contributed by atoms with Crippen molar-refractivity contribution in [3.63, 3.8) is 0 Å². The standard InChI is InChI=1S/C10H24N4O/c1-7(2)9(15)8(11)5-3-4-6-14-10(12)13/h7-8,10,14H,3-6,11-13H2,1-2H3/t8-/m0/s1. The molecule has 0 amide bonds. The minimum absolute atomic E-state index is 0.0237. The van der Waals surface area contributed by atoms with Gasteiger partial charge in [-0.25, -0.2) is 0 Å². The number of unbranched alkanes of at least 4 members (excludes halogenated alkanes) is 1. The van der Waals surface area contributed by atoms with Crippen LogP contribution in [-0.2, 0) is 4.79 Å². The Bertz CT molecular complexity index is 182. The zero-order valence-corrected chi connectivity index (χ0v) is 9.70. The highest BCUT2D eigenvalue weighted by Crippen LogP contribution is 2.05. The third kappa shape index (κ3) is 7.44. The summed E-state index contributed by atoms with van der Waals surface area (Å²) in [5, 5.41) is 2.90. The van der Waals surface area contributed by atoms with Crippen molar-refractivity contribution in [2.45, 2.75) is 45.4 Å². The van der Waals surface area contributed by atoms with Crippen LogP contribution in [0.1, 0.15) is 33.1 Å². The molecule has 5 heteroatoms. The highest BCUT2D eigenvalue weighted by Gasteiger charge is 2.15. The lowest BCUT2D eigenvalue weighted by atomic mass is 9.98. The van der Waals surface area contributed by atoms with E-state index in [2.05, 4.69) is 5.32 Å². The van der Waals surface area contributed by atoms with Gasteiger partial charge in [-0.15, -0.1) is 0 Å². The Morgan fingerprint density at radius 1 is 1.20 bits per heavy atom. The molecule has 1 atom stereocenters. The van der Waals surface area contributed by atoms with Gasteiger partial charge in [-0.2, -0.15) is 0 Å². The number of carbonyl (C=O) groups excluding carboxylic acids is 1. The van der Waals surface area contributed by atoms with Crippen LogP contribution in [0.5, 0.6) is 0 Å². The van der Waals surface area contributed by atoms with Crippen LogP contribution in [0.2, 0.25) is 0 Å². The Hall–Kier alpha value is -0.490. The maximum Gasteiger partial charge on any atom is 0.152 e. The van der Waals surface area contributed by atoms with Gasteiger partial charge in [-0.1, -0.05) is 20.3 Å². The molecule has 0 rings (SSSR count). The number of nitrogens with two attached hydrogens (primary N) is 3. The highest BCUT2D eigenvalue weighted by molar-refractivity contribution is 5.85. The van der Waals surface area contributed by atoms with Crippen molar-refractivity contribution in [3.8, 4) is 0 Å². The molecule has 0 aromatic rings. The maximum atomic E-state index is 11.4. The molecule has 0 aromatic heterocycles. The molecule has 0 bridgehead atoms. The summed E-state index contributed by atoms with van der Waals surface area (Å²) in [6.45, 7) is 4.51. The monoisotopic (exact) mass is 216 g/mol. The lowest BCUT2D eigenvalue weighted by molar-refractivity contribution is -0.123. The Kier molecular flexibility index (Phi) is 7.50. The number of ketones is 1. The molecule has 0 aliphatic carbocycles. The van der Waals surface area contributed by atoms with Crippen LogP contribution in [0.15, 0.2) is 0 Å². The van der Waals surface area contributed by atoms with Crippen LogP contribution in [0, 0.1) is 5.92 Å². The van der Waals surface area contributed by atoms with E-state index in [0.29, 0.717) is 0 Å². The van der Waals surface area contributed by atoms with Crippen molar-refractivity contribution in [1.29, 1.82) is 0 Å². The van der Waals surface area contributed by atoms with Gasteiger partial charge in [0.15, 0.2) is 5.78 Å². The summed E-state index contributed by atoms with van der Waals surface area (Å²) in [4.78, 5) is 11.4. The Labute approximate surface area is 91.8 Å². The lowest BCUT2D eigenvalue weighted by Gasteiger charge is -2.13. The normalized spacial score (nSPS) is 13.5. The van der Waals surface area contributed by atoms with E-state index in [1.165, 1.54) is 0 Å². The van der Waals surface area contributed by atoms with Crippen LogP contribution in [0.4, 0.5) is 0 Å². The minimum atomic E-state index is -0.462.